The minimum atomic E-state index is -0.0625. The van der Waals surface area contributed by atoms with Crippen LogP contribution in [-0.2, 0) is 6.42 Å². The van der Waals surface area contributed by atoms with Crippen molar-refractivity contribution in [2.24, 2.45) is 0 Å². The van der Waals surface area contributed by atoms with Crippen molar-refractivity contribution in [2.45, 2.75) is 32.2 Å². The molecule has 5 heteroatoms. The SMILES string of the molecule is Cc1c(Br)cncc1C(=O)NCCC1CCc2ccccc2N1. The van der Waals surface area contributed by atoms with E-state index < -0.39 is 0 Å². The van der Waals surface area contributed by atoms with E-state index in [4.69, 9.17) is 0 Å². The van der Waals surface area contributed by atoms with Crippen LogP contribution in [0.3, 0.4) is 0 Å². The lowest BCUT2D eigenvalue weighted by atomic mass is 9.96. The molecule has 1 unspecified atom stereocenters. The Morgan fingerprint density at radius 3 is 3.09 bits per heavy atom. The first kappa shape index (κ1) is 16.0. The highest BCUT2D eigenvalue weighted by Crippen LogP contribution is 2.25. The second-order valence-corrected chi connectivity index (χ2v) is 6.73. The minimum Gasteiger partial charge on any atom is -0.382 e. The van der Waals surface area contributed by atoms with E-state index in [1.807, 2.05) is 6.92 Å². The van der Waals surface area contributed by atoms with Crippen LogP contribution in [0.15, 0.2) is 41.1 Å². The van der Waals surface area contributed by atoms with Gasteiger partial charge in [0.1, 0.15) is 0 Å². The summed E-state index contributed by atoms with van der Waals surface area (Å²) in [6, 6.07) is 8.83. The van der Waals surface area contributed by atoms with Crippen molar-refractivity contribution in [1.82, 2.24) is 10.3 Å². The van der Waals surface area contributed by atoms with Crippen LogP contribution in [0.4, 0.5) is 5.69 Å². The quantitative estimate of drug-likeness (QED) is 0.858. The molecule has 2 aromatic rings. The van der Waals surface area contributed by atoms with Gasteiger partial charge >= 0.3 is 0 Å². The van der Waals surface area contributed by atoms with E-state index in [0.29, 0.717) is 18.2 Å². The fourth-order valence-electron chi connectivity index (χ4n) is 2.90. The van der Waals surface area contributed by atoms with Crippen molar-refractivity contribution in [3.63, 3.8) is 0 Å². The average molecular weight is 374 g/mol. The zero-order chi connectivity index (χ0) is 16.2. The molecule has 2 N–H and O–H groups in total. The summed E-state index contributed by atoms with van der Waals surface area (Å²) < 4.78 is 0.857. The number of nitrogens with one attached hydrogen (secondary N) is 2. The van der Waals surface area contributed by atoms with Gasteiger partial charge in [-0.05, 0) is 59.3 Å². The lowest BCUT2D eigenvalue weighted by Gasteiger charge is -2.27. The number of anilines is 1. The van der Waals surface area contributed by atoms with Crippen LogP contribution >= 0.6 is 15.9 Å². The number of aromatic nitrogens is 1. The van der Waals surface area contributed by atoms with E-state index in [2.05, 4.69) is 55.8 Å². The van der Waals surface area contributed by atoms with Gasteiger partial charge in [0.15, 0.2) is 0 Å². The van der Waals surface area contributed by atoms with Crippen LogP contribution in [-0.4, -0.2) is 23.5 Å². The molecule has 1 aliphatic rings. The maximum Gasteiger partial charge on any atom is 0.253 e. The van der Waals surface area contributed by atoms with E-state index >= 15 is 0 Å². The molecule has 1 aromatic heterocycles. The van der Waals surface area contributed by atoms with Crippen LogP contribution in [0, 0.1) is 6.92 Å². The second-order valence-electron chi connectivity index (χ2n) is 5.88. The van der Waals surface area contributed by atoms with Crippen molar-refractivity contribution in [1.29, 1.82) is 0 Å². The third-order valence-corrected chi connectivity index (χ3v) is 5.12. The molecular weight excluding hydrogens is 354 g/mol. The molecule has 1 amide bonds. The molecule has 0 saturated carbocycles. The summed E-state index contributed by atoms with van der Waals surface area (Å²) in [4.78, 5) is 16.3. The van der Waals surface area contributed by atoms with Crippen molar-refractivity contribution < 1.29 is 4.79 Å². The number of fused-ring (bicyclic) bond motifs is 1. The number of benzene rings is 1. The molecule has 0 spiro atoms. The van der Waals surface area contributed by atoms with E-state index in [1.54, 1.807) is 12.4 Å². The third-order valence-electron chi connectivity index (χ3n) is 4.32. The summed E-state index contributed by atoms with van der Waals surface area (Å²) >= 11 is 3.41. The lowest BCUT2D eigenvalue weighted by Crippen LogP contribution is -2.32. The molecule has 3 rings (SSSR count). The molecule has 1 atom stereocenters. The Morgan fingerprint density at radius 1 is 1.39 bits per heavy atom. The van der Waals surface area contributed by atoms with Gasteiger partial charge in [-0.2, -0.15) is 0 Å². The Bertz CT molecular complexity index is 717. The van der Waals surface area contributed by atoms with Gasteiger partial charge < -0.3 is 10.6 Å². The molecule has 1 aliphatic heterocycles. The highest BCUT2D eigenvalue weighted by molar-refractivity contribution is 9.10. The lowest BCUT2D eigenvalue weighted by molar-refractivity contribution is 0.0951. The zero-order valence-electron chi connectivity index (χ0n) is 13.1. The number of amides is 1. The molecule has 120 valence electrons. The summed E-state index contributed by atoms with van der Waals surface area (Å²) in [6.07, 6.45) is 6.43. The number of carbonyl (C=O) groups excluding carboxylic acids is 1. The highest BCUT2D eigenvalue weighted by atomic mass is 79.9. The van der Waals surface area contributed by atoms with Gasteiger partial charge in [0.25, 0.3) is 5.91 Å². The first-order valence-electron chi connectivity index (χ1n) is 7.88. The van der Waals surface area contributed by atoms with Crippen LogP contribution in [0.5, 0.6) is 0 Å². The minimum absolute atomic E-state index is 0.0625. The number of para-hydroxylation sites is 1. The molecule has 0 bridgehead atoms. The summed E-state index contributed by atoms with van der Waals surface area (Å²) in [6.45, 7) is 2.57. The number of nitrogens with zero attached hydrogens (tertiary/aromatic N) is 1. The van der Waals surface area contributed by atoms with Crippen molar-refractivity contribution >= 4 is 27.5 Å². The first-order valence-corrected chi connectivity index (χ1v) is 8.67. The average Bonchev–Trinajstić information content (AvgIpc) is 2.57. The summed E-state index contributed by atoms with van der Waals surface area (Å²) in [5.41, 5.74) is 4.15. The maximum atomic E-state index is 12.3. The fourth-order valence-corrected chi connectivity index (χ4v) is 3.23. The van der Waals surface area contributed by atoms with E-state index in [9.17, 15) is 4.79 Å². The van der Waals surface area contributed by atoms with Crippen molar-refractivity contribution in [3.8, 4) is 0 Å². The number of hydrogen-bond acceptors (Lipinski definition) is 3. The van der Waals surface area contributed by atoms with Crippen molar-refractivity contribution in [3.05, 3.63) is 57.8 Å². The number of halogens is 1. The van der Waals surface area contributed by atoms with Gasteiger partial charge in [0.05, 0.1) is 5.56 Å². The zero-order valence-corrected chi connectivity index (χ0v) is 14.7. The Hall–Kier alpha value is -1.88. The topological polar surface area (TPSA) is 54.0 Å². The standard InChI is InChI=1S/C18H20BrN3O/c1-12-15(10-20-11-16(12)19)18(23)21-9-8-14-7-6-13-4-2-3-5-17(13)22-14/h2-5,10-11,14,22H,6-9H2,1H3,(H,21,23). The Labute approximate surface area is 144 Å². The summed E-state index contributed by atoms with van der Waals surface area (Å²) in [7, 11) is 0. The second kappa shape index (κ2) is 7.13. The Morgan fingerprint density at radius 2 is 2.22 bits per heavy atom. The molecule has 2 heterocycles. The van der Waals surface area contributed by atoms with Gasteiger partial charge in [0.2, 0.25) is 0 Å². The number of pyridine rings is 1. The van der Waals surface area contributed by atoms with Gasteiger partial charge in [-0.3, -0.25) is 9.78 Å². The molecule has 0 saturated heterocycles. The molecular formula is C18H20BrN3O. The number of rotatable bonds is 4. The van der Waals surface area contributed by atoms with E-state index in [1.165, 1.54) is 11.3 Å². The molecule has 0 aliphatic carbocycles. The predicted octanol–water partition coefficient (Wildman–Crippen LogP) is 3.70. The van der Waals surface area contributed by atoms with Gasteiger partial charge in [-0.25, -0.2) is 0 Å². The van der Waals surface area contributed by atoms with Crippen LogP contribution < -0.4 is 10.6 Å². The molecule has 1 aromatic carbocycles. The van der Waals surface area contributed by atoms with Crippen molar-refractivity contribution in [2.75, 3.05) is 11.9 Å². The fraction of sp³-hybridized carbons (Fsp3) is 0.333. The molecule has 0 fully saturated rings. The monoisotopic (exact) mass is 373 g/mol. The van der Waals surface area contributed by atoms with Gasteiger partial charge in [0, 0.05) is 35.1 Å². The maximum absolute atomic E-state index is 12.3. The predicted molar refractivity (Wildman–Crippen MR) is 95.8 cm³/mol. The van der Waals surface area contributed by atoms with Crippen LogP contribution in [0.2, 0.25) is 0 Å². The Balaban J connectivity index is 1.52. The van der Waals surface area contributed by atoms with Crippen LogP contribution in [0.25, 0.3) is 0 Å². The molecule has 23 heavy (non-hydrogen) atoms. The molecule has 0 radical (unpaired) electrons. The Kier molecular flexibility index (Phi) is 4.96. The largest absolute Gasteiger partial charge is 0.382 e. The van der Waals surface area contributed by atoms with Crippen LogP contribution in [0.1, 0.15) is 34.3 Å². The van der Waals surface area contributed by atoms with Gasteiger partial charge in [-0.1, -0.05) is 18.2 Å². The highest BCUT2D eigenvalue weighted by Gasteiger charge is 2.17. The number of aryl methyl sites for hydroxylation is 1. The smallest absolute Gasteiger partial charge is 0.253 e. The third kappa shape index (κ3) is 3.72. The number of hydrogen-bond donors (Lipinski definition) is 2. The first-order chi connectivity index (χ1) is 11.1. The summed E-state index contributed by atoms with van der Waals surface area (Å²) in [5.74, 6) is -0.0625. The summed E-state index contributed by atoms with van der Waals surface area (Å²) in [5, 5.41) is 6.56. The van der Waals surface area contributed by atoms with E-state index in [0.717, 1.165) is 29.3 Å². The normalized spacial score (nSPS) is 16.3. The van der Waals surface area contributed by atoms with E-state index in [-0.39, 0.29) is 5.91 Å². The van der Waals surface area contributed by atoms with Gasteiger partial charge in [-0.15, -0.1) is 0 Å². The molecule has 4 nitrogen and oxygen atoms in total. The number of carbonyl (C=O) groups is 1.